The maximum atomic E-state index is 13.0. The van der Waals surface area contributed by atoms with Crippen molar-refractivity contribution in [2.45, 2.75) is 31.9 Å². The molecule has 3 N–H and O–H groups in total. The largest absolute Gasteiger partial charge is 0.508 e. The lowest BCUT2D eigenvalue weighted by atomic mass is 9.98. The number of carbonyl (C=O) groups is 1. The Morgan fingerprint density at radius 1 is 0.778 bits per heavy atom. The molecule has 7 heteroatoms. The van der Waals surface area contributed by atoms with Gasteiger partial charge in [0.1, 0.15) is 17.3 Å². The van der Waals surface area contributed by atoms with E-state index in [1.807, 2.05) is 67.6 Å². The second-order valence-corrected chi connectivity index (χ2v) is 11.1. The summed E-state index contributed by atoms with van der Waals surface area (Å²) in [5, 5.41) is 30.2. The van der Waals surface area contributed by atoms with Crippen LogP contribution in [0.25, 0.3) is 22.3 Å². The van der Waals surface area contributed by atoms with E-state index >= 15 is 0 Å². The number of aliphatic hydroxyl groups is 1. The Hall–Kier alpha value is -5.14. The quantitative estimate of drug-likeness (QED) is 0.174. The van der Waals surface area contributed by atoms with Gasteiger partial charge in [0.25, 0.3) is 0 Å². The number of aliphatic hydroxyl groups excluding tert-OH is 1. The van der Waals surface area contributed by atoms with E-state index in [0.717, 1.165) is 46.3 Å². The van der Waals surface area contributed by atoms with Crippen LogP contribution in [0.5, 0.6) is 11.5 Å². The number of hydrogen-bond acceptors (Lipinski definition) is 4. The number of amides is 2. The number of carbonyl (C=O) groups excluding carboxylic acids is 1. The highest BCUT2D eigenvalue weighted by atomic mass is 19.1. The Morgan fingerprint density at radius 2 is 1.40 bits per heavy atom. The van der Waals surface area contributed by atoms with E-state index in [2.05, 4.69) is 12.1 Å². The van der Waals surface area contributed by atoms with Crippen LogP contribution in [0.15, 0.2) is 121 Å². The van der Waals surface area contributed by atoms with E-state index in [9.17, 15) is 24.5 Å². The van der Waals surface area contributed by atoms with Gasteiger partial charge < -0.3 is 20.2 Å². The van der Waals surface area contributed by atoms with Crippen LogP contribution in [0.1, 0.15) is 43.0 Å². The molecular formula is C38H37FN2O4. The number of benzene rings is 5. The van der Waals surface area contributed by atoms with Gasteiger partial charge in [-0.3, -0.25) is 4.90 Å². The molecule has 6 rings (SSSR count). The summed E-state index contributed by atoms with van der Waals surface area (Å²) in [6.07, 6.45) is 1.21. The van der Waals surface area contributed by atoms with Crippen LogP contribution in [-0.2, 0) is 0 Å². The highest BCUT2D eigenvalue weighted by Crippen LogP contribution is 2.40. The molecule has 2 unspecified atom stereocenters. The topological polar surface area (TPSA) is 84.2 Å². The fourth-order valence-corrected chi connectivity index (χ4v) is 5.52. The maximum absolute atomic E-state index is 13.0. The minimum absolute atomic E-state index is 0.107. The molecule has 0 saturated carbocycles. The van der Waals surface area contributed by atoms with Crippen LogP contribution >= 0.6 is 0 Å². The first kappa shape index (κ1) is 31.3. The van der Waals surface area contributed by atoms with Crippen molar-refractivity contribution in [1.82, 2.24) is 4.90 Å². The Bertz CT molecular complexity index is 1730. The third kappa shape index (κ3) is 7.33. The second kappa shape index (κ2) is 14.1. The van der Waals surface area contributed by atoms with Crippen molar-refractivity contribution >= 4 is 11.7 Å². The van der Waals surface area contributed by atoms with Crippen LogP contribution in [-0.4, -0.2) is 39.8 Å². The monoisotopic (exact) mass is 604 g/mol. The fraction of sp³-hybridized carbons (Fsp3) is 0.184. The van der Waals surface area contributed by atoms with E-state index < -0.39 is 6.10 Å². The number of hydrogen-bond donors (Lipinski definition) is 3. The van der Waals surface area contributed by atoms with Gasteiger partial charge in [-0.15, -0.1) is 0 Å². The van der Waals surface area contributed by atoms with Crippen LogP contribution < -0.4 is 4.90 Å². The number of phenolic OH excluding ortho intramolecular Hbond substituents is 2. The molecule has 1 aliphatic rings. The molecule has 0 spiro atoms. The van der Waals surface area contributed by atoms with Gasteiger partial charge >= 0.3 is 6.03 Å². The van der Waals surface area contributed by atoms with Crippen molar-refractivity contribution in [3.05, 3.63) is 138 Å². The minimum atomic E-state index is -0.449. The summed E-state index contributed by atoms with van der Waals surface area (Å²) in [6, 6.07) is 35.9. The first-order valence-corrected chi connectivity index (χ1v) is 15.0. The zero-order valence-corrected chi connectivity index (χ0v) is 25.3. The SMILES string of the molecule is CCCC(O)c1ccc(F)cc1.CN1CC(c2ccc(-c3cccc(O)c3)cc2O)N(c2ccc(-c3ccccc3)cc2)C1=O. The third-order valence-electron chi connectivity index (χ3n) is 7.93. The Balaban J connectivity index is 0.000000282. The average Bonchev–Trinajstić information content (AvgIpc) is 3.35. The van der Waals surface area contributed by atoms with Crippen molar-refractivity contribution in [3.8, 4) is 33.8 Å². The molecule has 1 aliphatic heterocycles. The number of urea groups is 1. The smallest absolute Gasteiger partial charge is 0.324 e. The average molecular weight is 605 g/mol. The summed E-state index contributed by atoms with van der Waals surface area (Å²) in [7, 11) is 1.77. The van der Waals surface area contributed by atoms with E-state index in [-0.39, 0.29) is 29.4 Å². The molecule has 1 fully saturated rings. The highest BCUT2D eigenvalue weighted by Gasteiger charge is 2.38. The summed E-state index contributed by atoms with van der Waals surface area (Å²) in [6.45, 7) is 2.48. The second-order valence-electron chi connectivity index (χ2n) is 11.1. The van der Waals surface area contributed by atoms with E-state index in [1.54, 1.807) is 53.2 Å². The summed E-state index contributed by atoms with van der Waals surface area (Å²) in [5.74, 6) is 0.0292. The van der Waals surface area contributed by atoms with Crippen molar-refractivity contribution in [3.63, 3.8) is 0 Å². The molecule has 0 aliphatic carbocycles. The van der Waals surface area contributed by atoms with E-state index in [0.29, 0.717) is 12.1 Å². The first-order chi connectivity index (χ1) is 21.7. The zero-order chi connectivity index (χ0) is 31.9. The molecule has 1 heterocycles. The summed E-state index contributed by atoms with van der Waals surface area (Å²) >= 11 is 0. The van der Waals surface area contributed by atoms with Crippen molar-refractivity contribution in [2.24, 2.45) is 0 Å². The predicted octanol–water partition coefficient (Wildman–Crippen LogP) is 8.70. The molecule has 2 amide bonds. The lowest BCUT2D eigenvalue weighted by Gasteiger charge is -2.24. The van der Waals surface area contributed by atoms with Gasteiger partial charge in [0.2, 0.25) is 0 Å². The van der Waals surface area contributed by atoms with Crippen LogP contribution in [0.2, 0.25) is 0 Å². The molecule has 0 radical (unpaired) electrons. The number of phenols is 2. The summed E-state index contributed by atoms with van der Waals surface area (Å²) < 4.78 is 12.5. The summed E-state index contributed by atoms with van der Waals surface area (Å²) in [4.78, 5) is 16.4. The predicted molar refractivity (Wildman–Crippen MR) is 177 cm³/mol. The minimum Gasteiger partial charge on any atom is -0.508 e. The van der Waals surface area contributed by atoms with E-state index in [4.69, 9.17) is 0 Å². The molecule has 230 valence electrons. The summed E-state index contributed by atoms with van der Waals surface area (Å²) in [5.41, 5.74) is 6.06. The number of rotatable bonds is 7. The van der Waals surface area contributed by atoms with Gasteiger partial charge in [-0.2, -0.15) is 0 Å². The normalized spacial score (nSPS) is 15.0. The molecule has 5 aromatic carbocycles. The van der Waals surface area contributed by atoms with Crippen molar-refractivity contribution < 1.29 is 24.5 Å². The number of anilines is 1. The zero-order valence-electron chi connectivity index (χ0n) is 25.3. The maximum Gasteiger partial charge on any atom is 0.324 e. The van der Waals surface area contributed by atoms with E-state index in [1.165, 1.54) is 12.1 Å². The molecule has 0 bridgehead atoms. The number of halogens is 1. The van der Waals surface area contributed by atoms with Gasteiger partial charge in [0, 0.05) is 24.8 Å². The number of nitrogens with zero attached hydrogens (tertiary/aromatic N) is 2. The van der Waals surface area contributed by atoms with Crippen LogP contribution in [0.4, 0.5) is 14.9 Å². The lowest BCUT2D eigenvalue weighted by molar-refractivity contribution is 0.166. The van der Waals surface area contributed by atoms with Crippen LogP contribution in [0.3, 0.4) is 0 Å². The highest BCUT2D eigenvalue weighted by molar-refractivity contribution is 5.95. The van der Waals surface area contributed by atoms with Gasteiger partial charge in [-0.1, -0.05) is 92.2 Å². The molecular weight excluding hydrogens is 567 g/mol. The molecule has 1 saturated heterocycles. The van der Waals surface area contributed by atoms with Crippen molar-refractivity contribution in [2.75, 3.05) is 18.5 Å². The molecule has 6 nitrogen and oxygen atoms in total. The number of likely N-dealkylation sites (N-methyl/N-ethyl adjacent to an activating group) is 1. The third-order valence-corrected chi connectivity index (χ3v) is 7.93. The van der Waals surface area contributed by atoms with Gasteiger partial charge in [0.15, 0.2) is 0 Å². The van der Waals surface area contributed by atoms with Gasteiger partial charge in [-0.25, -0.2) is 9.18 Å². The standard InChI is InChI=1S/C28H24N2O3.C10H13FO/c1-29-18-26(25-15-12-22(17-27(25)32)21-8-5-9-24(31)16-21)30(28(29)33)23-13-10-20(11-14-23)19-6-3-2-4-7-19;1-2-3-10(12)8-4-6-9(11)7-5-8/h2-17,26,31-32H,18H2,1H3;4-7,10,12H,2-3H2,1H3. The Kier molecular flexibility index (Phi) is 9.80. The fourth-order valence-electron chi connectivity index (χ4n) is 5.52. The molecule has 2 atom stereocenters. The van der Waals surface area contributed by atoms with Crippen molar-refractivity contribution in [1.29, 1.82) is 0 Å². The molecule has 0 aromatic heterocycles. The first-order valence-electron chi connectivity index (χ1n) is 15.0. The molecule has 5 aromatic rings. The Labute approximate surface area is 263 Å². The van der Waals surface area contributed by atoms with Gasteiger partial charge in [-0.05, 0) is 76.7 Å². The van der Waals surface area contributed by atoms with Gasteiger partial charge in [0.05, 0.1) is 12.1 Å². The molecule has 45 heavy (non-hydrogen) atoms. The number of aromatic hydroxyl groups is 2. The van der Waals surface area contributed by atoms with Crippen LogP contribution in [0, 0.1) is 5.82 Å². The lowest BCUT2D eigenvalue weighted by Crippen LogP contribution is -2.30. The Morgan fingerprint density at radius 3 is 2.04 bits per heavy atom.